The zero-order valence-corrected chi connectivity index (χ0v) is 11.4. The van der Waals surface area contributed by atoms with Gasteiger partial charge in [-0.3, -0.25) is 10.1 Å². The third-order valence-electron chi connectivity index (χ3n) is 2.89. The molecule has 2 rings (SSSR count). The van der Waals surface area contributed by atoms with Gasteiger partial charge in [-0.2, -0.15) is 0 Å². The highest BCUT2D eigenvalue weighted by molar-refractivity contribution is 5.91. The van der Waals surface area contributed by atoms with Crippen LogP contribution in [0.2, 0.25) is 0 Å². The van der Waals surface area contributed by atoms with Crippen LogP contribution in [0.4, 0.5) is 10.6 Å². The van der Waals surface area contributed by atoms with E-state index < -0.39 is 6.03 Å². The second-order valence-electron chi connectivity index (χ2n) is 4.47. The molecule has 0 atom stereocenters. The second kappa shape index (κ2) is 6.85. The Morgan fingerprint density at radius 1 is 1.35 bits per heavy atom. The lowest BCUT2D eigenvalue weighted by Crippen LogP contribution is -2.46. The molecule has 7 heteroatoms. The van der Waals surface area contributed by atoms with E-state index in [1.165, 1.54) is 0 Å². The summed E-state index contributed by atoms with van der Waals surface area (Å²) in [6, 6.07) is 4.89. The summed E-state index contributed by atoms with van der Waals surface area (Å²) in [6.45, 7) is 4.04. The van der Waals surface area contributed by atoms with Gasteiger partial charge < -0.3 is 15.0 Å². The molecule has 0 aromatic carbocycles. The van der Waals surface area contributed by atoms with Crippen LogP contribution >= 0.6 is 0 Å². The summed E-state index contributed by atoms with van der Waals surface area (Å²) in [7, 11) is 0. The minimum absolute atomic E-state index is 0.0301. The van der Waals surface area contributed by atoms with E-state index in [4.69, 9.17) is 4.74 Å². The number of rotatable bonds is 3. The van der Waals surface area contributed by atoms with Crippen LogP contribution in [0.25, 0.3) is 0 Å². The molecule has 1 fully saturated rings. The van der Waals surface area contributed by atoms with E-state index in [1.807, 2.05) is 13.0 Å². The summed E-state index contributed by atoms with van der Waals surface area (Å²) in [4.78, 5) is 29.3. The number of aryl methyl sites for hydroxylation is 1. The third kappa shape index (κ3) is 4.20. The van der Waals surface area contributed by atoms with E-state index in [0.29, 0.717) is 32.1 Å². The number of ether oxygens (including phenoxy) is 1. The Balaban J connectivity index is 1.75. The number of amides is 3. The maximum atomic E-state index is 11.8. The molecule has 0 aliphatic carbocycles. The first kappa shape index (κ1) is 14.3. The normalized spacial score (nSPS) is 14.8. The van der Waals surface area contributed by atoms with Crippen LogP contribution in [0.15, 0.2) is 18.2 Å². The molecule has 2 heterocycles. The maximum absolute atomic E-state index is 11.8. The molecular formula is C13H18N4O3. The number of carbonyl (C=O) groups excluding carboxylic acids is 2. The Labute approximate surface area is 117 Å². The fourth-order valence-corrected chi connectivity index (χ4v) is 1.85. The van der Waals surface area contributed by atoms with Gasteiger partial charge in [0.2, 0.25) is 5.91 Å². The zero-order chi connectivity index (χ0) is 14.4. The van der Waals surface area contributed by atoms with Gasteiger partial charge in [-0.1, -0.05) is 6.07 Å². The highest BCUT2D eigenvalue weighted by Crippen LogP contribution is 2.03. The number of hydrogen-bond acceptors (Lipinski definition) is 4. The summed E-state index contributed by atoms with van der Waals surface area (Å²) < 4.78 is 5.16. The summed E-state index contributed by atoms with van der Waals surface area (Å²) >= 11 is 0. The van der Waals surface area contributed by atoms with Crippen molar-refractivity contribution >= 4 is 17.8 Å². The van der Waals surface area contributed by atoms with Crippen molar-refractivity contribution in [2.75, 3.05) is 38.2 Å². The molecule has 3 amide bonds. The summed E-state index contributed by atoms with van der Waals surface area (Å²) in [6.07, 6.45) is 0. The fraction of sp³-hybridized carbons (Fsp3) is 0.462. The van der Waals surface area contributed by atoms with Crippen molar-refractivity contribution < 1.29 is 14.3 Å². The van der Waals surface area contributed by atoms with Gasteiger partial charge in [0.1, 0.15) is 5.82 Å². The van der Waals surface area contributed by atoms with Crippen LogP contribution in [-0.2, 0) is 9.53 Å². The summed E-state index contributed by atoms with van der Waals surface area (Å²) in [5.74, 6) is 0.349. The molecular weight excluding hydrogens is 260 g/mol. The molecule has 0 bridgehead atoms. The van der Waals surface area contributed by atoms with Crippen LogP contribution in [0.5, 0.6) is 0 Å². The van der Waals surface area contributed by atoms with Gasteiger partial charge in [0.25, 0.3) is 0 Å². The molecule has 0 saturated carbocycles. The third-order valence-corrected chi connectivity index (χ3v) is 2.89. The Morgan fingerprint density at radius 2 is 2.10 bits per heavy atom. The summed E-state index contributed by atoms with van der Waals surface area (Å²) in [5, 5.41) is 5.11. The minimum Gasteiger partial charge on any atom is -0.378 e. The number of aromatic nitrogens is 1. The van der Waals surface area contributed by atoms with Crippen molar-refractivity contribution in [1.82, 2.24) is 15.2 Å². The van der Waals surface area contributed by atoms with Crippen LogP contribution in [0, 0.1) is 6.92 Å². The standard InChI is InChI=1S/C13H18N4O3/c1-10-3-2-4-11(15-10)16-13(19)14-9-12(18)17-5-7-20-8-6-17/h2-4H,5-9H2,1H3,(H2,14,15,16,19). The first-order chi connectivity index (χ1) is 9.65. The minimum atomic E-state index is -0.440. The van der Waals surface area contributed by atoms with E-state index >= 15 is 0 Å². The Morgan fingerprint density at radius 3 is 2.80 bits per heavy atom. The van der Waals surface area contributed by atoms with Gasteiger partial charge in [0.05, 0.1) is 19.8 Å². The van der Waals surface area contributed by atoms with Crippen LogP contribution < -0.4 is 10.6 Å². The smallest absolute Gasteiger partial charge is 0.320 e. The molecule has 1 saturated heterocycles. The van der Waals surface area contributed by atoms with Gasteiger partial charge in [0, 0.05) is 18.8 Å². The van der Waals surface area contributed by atoms with Crippen molar-refractivity contribution in [2.45, 2.75) is 6.92 Å². The lowest BCUT2D eigenvalue weighted by Gasteiger charge is -2.26. The molecule has 0 spiro atoms. The van der Waals surface area contributed by atoms with Crippen molar-refractivity contribution in [3.8, 4) is 0 Å². The SMILES string of the molecule is Cc1cccc(NC(=O)NCC(=O)N2CCOCC2)n1. The largest absolute Gasteiger partial charge is 0.378 e. The molecule has 20 heavy (non-hydrogen) atoms. The topological polar surface area (TPSA) is 83.6 Å². The second-order valence-corrected chi connectivity index (χ2v) is 4.47. The molecule has 1 aliphatic heterocycles. The molecule has 0 radical (unpaired) electrons. The highest BCUT2D eigenvalue weighted by atomic mass is 16.5. The number of morpholine rings is 1. The molecule has 0 unspecified atom stereocenters. The zero-order valence-electron chi connectivity index (χ0n) is 11.4. The molecule has 2 N–H and O–H groups in total. The molecule has 108 valence electrons. The number of pyridine rings is 1. The van der Waals surface area contributed by atoms with E-state index in [-0.39, 0.29) is 12.5 Å². The van der Waals surface area contributed by atoms with Crippen molar-refractivity contribution in [1.29, 1.82) is 0 Å². The van der Waals surface area contributed by atoms with Gasteiger partial charge in [0.15, 0.2) is 0 Å². The van der Waals surface area contributed by atoms with E-state index in [2.05, 4.69) is 15.6 Å². The van der Waals surface area contributed by atoms with Gasteiger partial charge in [-0.25, -0.2) is 9.78 Å². The van der Waals surface area contributed by atoms with Crippen molar-refractivity contribution in [3.63, 3.8) is 0 Å². The maximum Gasteiger partial charge on any atom is 0.320 e. The van der Waals surface area contributed by atoms with Gasteiger partial charge >= 0.3 is 6.03 Å². The quantitative estimate of drug-likeness (QED) is 0.836. The summed E-state index contributed by atoms with van der Waals surface area (Å²) in [5.41, 5.74) is 0.812. The van der Waals surface area contributed by atoms with E-state index in [9.17, 15) is 9.59 Å². The molecule has 1 aromatic heterocycles. The fourth-order valence-electron chi connectivity index (χ4n) is 1.85. The van der Waals surface area contributed by atoms with Gasteiger partial charge in [-0.15, -0.1) is 0 Å². The number of nitrogens with one attached hydrogen (secondary N) is 2. The number of hydrogen-bond donors (Lipinski definition) is 2. The van der Waals surface area contributed by atoms with Crippen LogP contribution in [0.1, 0.15) is 5.69 Å². The van der Waals surface area contributed by atoms with Crippen molar-refractivity contribution in [3.05, 3.63) is 23.9 Å². The molecule has 1 aliphatic rings. The number of anilines is 1. The van der Waals surface area contributed by atoms with Crippen LogP contribution in [0.3, 0.4) is 0 Å². The number of carbonyl (C=O) groups is 2. The highest BCUT2D eigenvalue weighted by Gasteiger charge is 2.17. The van der Waals surface area contributed by atoms with E-state index in [1.54, 1.807) is 17.0 Å². The van der Waals surface area contributed by atoms with Gasteiger partial charge in [-0.05, 0) is 19.1 Å². The lowest BCUT2D eigenvalue weighted by molar-refractivity contribution is -0.134. The monoisotopic (exact) mass is 278 g/mol. The first-order valence-corrected chi connectivity index (χ1v) is 6.49. The van der Waals surface area contributed by atoms with Crippen molar-refractivity contribution in [2.24, 2.45) is 0 Å². The Kier molecular flexibility index (Phi) is 4.89. The molecule has 1 aromatic rings. The average molecular weight is 278 g/mol. The lowest BCUT2D eigenvalue weighted by atomic mass is 10.4. The Bertz CT molecular complexity index is 486. The predicted molar refractivity (Wildman–Crippen MR) is 73.4 cm³/mol. The Hall–Kier alpha value is -2.15. The molecule has 7 nitrogen and oxygen atoms in total. The average Bonchev–Trinajstić information content (AvgIpc) is 2.46. The first-order valence-electron chi connectivity index (χ1n) is 6.49. The number of urea groups is 1. The van der Waals surface area contributed by atoms with Crippen LogP contribution in [-0.4, -0.2) is 54.7 Å². The predicted octanol–water partition coefficient (Wildman–Crippen LogP) is 0.370. The number of nitrogens with zero attached hydrogens (tertiary/aromatic N) is 2. The van der Waals surface area contributed by atoms with E-state index in [0.717, 1.165) is 5.69 Å².